The summed E-state index contributed by atoms with van der Waals surface area (Å²) in [7, 11) is 0. The molecule has 2 nitrogen and oxygen atoms in total. The molecule has 0 aliphatic heterocycles. The summed E-state index contributed by atoms with van der Waals surface area (Å²) in [6.07, 6.45) is 0. The van der Waals surface area contributed by atoms with Crippen molar-refractivity contribution in [1.82, 2.24) is 4.98 Å². The molecule has 3 rings (SSSR count). The third-order valence-corrected chi connectivity index (χ3v) is 3.12. The van der Waals surface area contributed by atoms with Crippen LogP contribution in [0.1, 0.15) is 0 Å². The van der Waals surface area contributed by atoms with Crippen molar-refractivity contribution in [2.45, 2.75) is 0 Å². The first-order valence-electron chi connectivity index (χ1n) is 5.59. The van der Waals surface area contributed by atoms with E-state index in [4.69, 9.17) is 11.6 Å². The predicted molar refractivity (Wildman–Crippen MR) is 73.9 cm³/mol. The first-order valence-corrected chi connectivity index (χ1v) is 5.96. The number of aromatic hydroxyl groups is 1. The molecule has 0 aliphatic carbocycles. The summed E-state index contributed by atoms with van der Waals surface area (Å²) in [5.74, 6) is 0.193. The van der Waals surface area contributed by atoms with Crippen molar-refractivity contribution < 1.29 is 5.11 Å². The highest BCUT2D eigenvalue weighted by molar-refractivity contribution is 6.35. The van der Waals surface area contributed by atoms with E-state index in [2.05, 4.69) is 4.98 Å². The number of nitrogens with zero attached hydrogens (tertiary/aromatic N) is 1. The molecule has 1 N–H and O–H groups in total. The summed E-state index contributed by atoms with van der Waals surface area (Å²) in [5.41, 5.74) is 2.63. The molecule has 3 aromatic rings. The second kappa shape index (κ2) is 4.31. The molecular formula is C15H10ClNO. The van der Waals surface area contributed by atoms with Crippen LogP contribution in [-0.2, 0) is 0 Å². The summed E-state index contributed by atoms with van der Waals surface area (Å²) >= 11 is 6.23. The van der Waals surface area contributed by atoms with Gasteiger partial charge in [0.05, 0.1) is 16.2 Å². The highest BCUT2D eigenvalue weighted by Crippen LogP contribution is 2.29. The number of halogens is 1. The van der Waals surface area contributed by atoms with Crippen LogP contribution in [0.15, 0.2) is 54.6 Å². The first-order chi connectivity index (χ1) is 8.74. The summed E-state index contributed by atoms with van der Waals surface area (Å²) in [4.78, 5) is 4.55. The number of rotatable bonds is 1. The molecule has 0 radical (unpaired) electrons. The number of aromatic nitrogens is 1. The van der Waals surface area contributed by atoms with Crippen molar-refractivity contribution in [3.63, 3.8) is 0 Å². The van der Waals surface area contributed by atoms with Gasteiger partial charge in [-0.15, -0.1) is 0 Å². The molecule has 0 saturated carbocycles. The lowest BCUT2D eigenvalue weighted by Crippen LogP contribution is -1.86. The second-order valence-corrected chi connectivity index (χ2v) is 4.46. The number of pyridine rings is 1. The quantitative estimate of drug-likeness (QED) is 0.705. The van der Waals surface area contributed by atoms with Gasteiger partial charge in [0, 0.05) is 10.9 Å². The minimum absolute atomic E-state index is 0.193. The topological polar surface area (TPSA) is 33.1 Å². The third-order valence-electron chi connectivity index (χ3n) is 2.81. The van der Waals surface area contributed by atoms with E-state index >= 15 is 0 Å². The largest absolute Gasteiger partial charge is 0.508 e. The Kier molecular flexibility index (Phi) is 2.65. The standard InChI is InChI=1S/C15H10ClNO/c16-13-9-15(10-4-2-1-3-5-10)17-14-7-6-11(18)8-12(13)14/h1-9,18H. The Morgan fingerprint density at radius 1 is 0.944 bits per heavy atom. The predicted octanol–water partition coefficient (Wildman–Crippen LogP) is 4.26. The molecule has 0 atom stereocenters. The van der Waals surface area contributed by atoms with Crippen LogP contribution >= 0.6 is 11.6 Å². The third kappa shape index (κ3) is 1.91. The Labute approximate surface area is 109 Å². The average Bonchev–Trinajstić information content (AvgIpc) is 2.40. The number of hydrogen-bond acceptors (Lipinski definition) is 2. The van der Waals surface area contributed by atoms with E-state index in [0.717, 1.165) is 22.2 Å². The Balaban J connectivity index is 2.25. The lowest BCUT2D eigenvalue weighted by atomic mass is 10.1. The van der Waals surface area contributed by atoms with Crippen LogP contribution < -0.4 is 0 Å². The van der Waals surface area contributed by atoms with E-state index in [-0.39, 0.29) is 5.75 Å². The molecule has 0 unspecified atom stereocenters. The summed E-state index contributed by atoms with van der Waals surface area (Å²) in [6, 6.07) is 16.7. The van der Waals surface area contributed by atoms with Gasteiger partial charge in [-0.1, -0.05) is 41.9 Å². The SMILES string of the molecule is Oc1ccc2nc(-c3ccccc3)cc(Cl)c2c1. The maximum atomic E-state index is 9.45. The summed E-state index contributed by atoms with van der Waals surface area (Å²) in [5, 5.41) is 10.8. The van der Waals surface area contributed by atoms with Crippen molar-refractivity contribution in [3.8, 4) is 17.0 Å². The molecule has 88 valence electrons. The minimum atomic E-state index is 0.193. The van der Waals surface area contributed by atoms with Crippen LogP contribution in [0.2, 0.25) is 5.02 Å². The van der Waals surface area contributed by atoms with E-state index < -0.39 is 0 Å². The monoisotopic (exact) mass is 255 g/mol. The zero-order valence-corrected chi connectivity index (χ0v) is 10.2. The molecular weight excluding hydrogens is 246 g/mol. The fraction of sp³-hybridized carbons (Fsp3) is 0. The zero-order chi connectivity index (χ0) is 12.5. The first kappa shape index (κ1) is 11.1. The van der Waals surface area contributed by atoms with Crippen molar-refractivity contribution in [2.75, 3.05) is 0 Å². The fourth-order valence-electron chi connectivity index (χ4n) is 1.93. The van der Waals surface area contributed by atoms with Gasteiger partial charge in [-0.05, 0) is 24.3 Å². The average molecular weight is 256 g/mol. The number of phenols is 1. The number of benzene rings is 2. The van der Waals surface area contributed by atoms with E-state index in [1.807, 2.05) is 36.4 Å². The maximum Gasteiger partial charge on any atom is 0.116 e. The number of phenolic OH excluding ortho intramolecular Hbond substituents is 1. The second-order valence-electron chi connectivity index (χ2n) is 4.06. The van der Waals surface area contributed by atoms with E-state index in [0.29, 0.717) is 5.02 Å². The molecule has 0 saturated heterocycles. The summed E-state index contributed by atoms with van der Waals surface area (Å²) < 4.78 is 0. The Hall–Kier alpha value is -2.06. The van der Waals surface area contributed by atoms with Gasteiger partial charge in [0.25, 0.3) is 0 Å². The van der Waals surface area contributed by atoms with Gasteiger partial charge in [0.1, 0.15) is 5.75 Å². The van der Waals surface area contributed by atoms with Gasteiger partial charge in [-0.2, -0.15) is 0 Å². The Morgan fingerprint density at radius 2 is 1.72 bits per heavy atom. The molecule has 0 amide bonds. The van der Waals surface area contributed by atoms with Crippen molar-refractivity contribution in [1.29, 1.82) is 0 Å². The van der Waals surface area contributed by atoms with E-state index in [1.165, 1.54) is 0 Å². The Morgan fingerprint density at radius 3 is 2.50 bits per heavy atom. The van der Waals surface area contributed by atoms with Gasteiger partial charge >= 0.3 is 0 Å². The molecule has 2 aromatic carbocycles. The number of fused-ring (bicyclic) bond motifs is 1. The van der Waals surface area contributed by atoms with Crippen LogP contribution in [0, 0.1) is 0 Å². The lowest BCUT2D eigenvalue weighted by Gasteiger charge is -2.05. The zero-order valence-electron chi connectivity index (χ0n) is 9.47. The normalized spacial score (nSPS) is 10.7. The molecule has 0 fully saturated rings. The Bertz CT molecular complexity index is 710. The molecule has 0 spiro atoms. The van der Waals surface area contributed by atoms with Crippen LogP contribution in [0.3, 0.4) is 0 Å². The van der Waals surface area contributed by atoms with Gasteiger partial charge in [0.15, 0.2) is 0 Å². The lowest BCUT2D eigenvalue weighted by molar-refractivity contribution is 0.476. The maximum absolute atomic E-state index is 9.45. The fourth-order valence-corrected chi connectivity index (χ4v) is 2.18. The molecule has 1 heterocycles. The highest BCUT2D eigenvalue weighted by Gasteiger charge is 2.06. The minimum Gasteiger partial charge on any atom is -0.508 e. The molecule has 0 bridgehead atoms. The molecule has 18 heavy (non-hydrogen) atoms. The molecule has 3 heteroatoms. The van der Waals surface area contributed by atoms with Gasteiger partial charge in [-0.25, -0.2) is 4.98 Å². The van der Waals surface area contributed by atoms with Crippen LogP contribution in [0.4, 0.5) is 0 Å². The van der Waals surface area contributed by atoms with Gasteiger partial charge in [0.2, 0.25) is 0 Å². The van der Waals surface area contributed by atoms with E-state index in [9.17, 15) is 5.11 Å². The molecule has 1 aromatic heterocycles. The number of hydrogen-bond donors (Lipinski definition) is 1. The highest BCUT2D eigenvalue weighted by atomic mass is 35.5. The van der Waals surface area contributed by atoms with Crippen molar-refractivity contribution in [3.05, 3.63) is 59.6 Å². The van der Waals surface area contributed by atoms with Gasteiger partial charge in [-0.3, -0.25) is 0 Å². The summed E-state index contributed by atoms with van der Waals surface area (Å²) in [6.45, 7) is 0. The van der Waals surface area contributed by atoms with Crippen molar-refractivity contribution >= 4 is 22.5 Å². The van der Waals surface area contributed by atoms with Crippen LogP contribution in [-0.4, -0.2) is 10.1 Å². The van der Waals surface area contributed by atoms with Gasteiger partial charge < -0.3 is 5.11 Å². The van der Waals surface area contributed by atoms with E-state index in [1.54, 1.807) is 18.2 Å². The van der Waals surface area contributed by atoms with Crippen LogP contribution in [0.25, 0.3) is 22.2 Å². The molecule has 0 aliphatic rings. The smallest absolute Gasteiger partial charge is 0.116 e. The van der Waals surface area contributed by atoms with Crippen molar-refractivity contribution in [2.24, 2.45) is 0 Å². The van der Waals surface area contributed by atoms with Crippen LogP contribution in [0.5, 0.6) is 5.75 Å².